The molecule has 0 heterocycles. The van der Waals surface area contributed by atoms with E-state index in [1.54, 1.807) is 0 Å². The van der Waals surface area contributed by atoms with E-state index in [-0.39, 0.29) is 41.1 Å². The zero-order chi connectivity index (χ0) is 21.4. The molecule has 154 valence electrons. The van der Waals surface area contributed by atoms with Crippen molar-refractivity contribution in [3.05, 3.63) is 27.8 Å². The van der Waals surface area contributed by atoms with E-state index < -0.39 is 58.4 Å². The fraction of sp³-hybridized carbons (Fsp3) is 0.421. The van der Waals surface area contributed by atoms with Crippen LogP contribution < -0.4 is 11.5 Å². The molecule has 0 spiro atoms. The number of primary amides is 1. The van der Waals surface area contributed by atoms with E-state index in [1.165, 1.54) is 6.07 Å². The molecule has 0 saturated heterocycles. The topological polar surface area (TPSA) is 184 Å². The number of phenols is 1. The number of hydrogen-bond donors (Lipinski definition) is 6. The summed E-state index contributed by atoms with van der Waals surface area (Å²) in [4.78, 5) is 37.7. The highest BCUT2D eigenvalue weighted by Gasteiger charge is 2.63. The maximum Gasteiger partial charge on any atom is 0.230 e. The van der Waals surface area contributed by atoms with Crippen LogP contribution in [-0.4, -0.2) is 49.6 Å². The number of halogens is 1. The fourth-order valence-electron chi connectivity index (χ4n) is 4.96. The van der Waals surface area contributed by atoms with Gasteiger partial charge in [0.15, 0.2) is 17.1 Å². The number of aromatic hydroxyl groups is 1. The monoisotopic (exact) mass is 422 g/mol. The van der Waals surface area contributed by atoms with Crippen molar-refractivity contribution in [2.45, 2.75) is 31.0 Å². The Balaban J connectivity index is 1.88. The summed E-state index contributed by atoms with van der Waals surface area (Å²) in [5.41, 5.74) is 8.28. The molecule has 3 aliphatic rings. The highest BCUT2D eigenvalue weighted by molar-refractivity contribution is 6.33. The molecule has 0 radical (unpaired) electrons. The highest BCUT2D eigenvalue weighted by atomic mass is 35.5. The number of carbonyl (C=O) groups is 3. The van der Waals surface area contributed by atoms with Gasteiger partial charge in [-0.05, 0) is 36.8 Å². The Morgan fingerprint density at radius 1 is 1.24 bits per heavy atom. The van der Waals surface area contributed by atoms with Crippen LogP contribution in [0.15, 0.2) is 11.6 Å². The van der Waals surface area contributed by atoms with Crippen molar-refractivity contribution in [2.24, 2.45) is 23.5 Å². The van der Waals surface area contributed by atoms with E-state index in [9.17, 15) is 34.8 Å². The number of carbonyl (C=O) groups excluding carboxylic acids is 3. The van der Waals surface area contributed by atoms with Crippen LogP contribution in [0.5, 0.6) is 5.75 Å². The number of phenolic OH excluding ortho intramolecular Hbond substituents is 1. The first-order valence-corrected chi connectivity index (χ1v) is 9.40. The summed E-state index contributed by atoms with van der Waals surface area (Å²) in [6.07, 6.45) is -1.29. The van der Waals surface area contributed by atoms with Gasteiger partial charge in [-0.2, -0.15) is 0 Å². The van der Waals surface area contributed by atoms with Crippen LogP contribution in [0.3, 0.4) is 0 Å². The lowest BCUT2D eigenvalue weighted by molar-refractivity contribution is -0.174. The van der Waals surface area contributed by atoms with Gasteiger partial charge < -0.3 is 31.9 Å². The Morgan fingerprint density at radius 3 is 2.52 bits per heavy atom. The van der Waals surface area contributed by atoms with Crippen molar-refractivity contribution in [3.63, 3.8) is 0 Å². The number of nitrogens with two attached hydrogens (primary N) is 2. The van der Waals surface area contributed by atoms with Gasteiger partial charge in [0.25, 0.3) is 0 Å². The lowest BCUT2D eigenvalue weighted by Gasteiger charge is -2.48. The molecule has 0 aliphatic heterocycles. The first-order chi connectivity index (χ1) is 13.5. The van der Waals surface area contributed by atoms with Gasteiger partial charge >= 0.3 is 0 Å². The Bertz CT molecular complexity index is 1020. The molecule has 29 heavy (non-hydrogen) atoms. The summed E-state index contributed by atoms with van der Waals surface area (Å²) in [7, 11) is 0. The van der Waals surface area contributed by atoms with Crippen LogP contribution in [0.1, 0.15) is 24.0 Å². The summed E-state index contributed by atoms with van der Waals surface area (Å²) in [5.74, 6) is -7.73. The van der Waals surface area contributed by atoms with E-state index in [1.807, 2.05) is 0 Å². The van der Waals surface area contributed by atoms with Crippen LogP contribution in [0, 0.1) is 17.8 Å². The summed E-state index contributed by atoms with van der Waals surface area (Å²) >= 11 is 6.01. The van der Waals surface area contributed by atoms with Gasteiger partial charge in [0.1, 0.15) is 11.7 Å². The molecule has 8 N–H and O–H groups in total. The van der Waals surface area contributed by atoms with E-state index in [0.717, 1.165) is 0 Å². The number of nitrogen functional groups attached to an aromatic ring is 1. The van der Waals surface area contributed by atoms with Crippen LogP contribution in [-0.2, 0) is 20.8 Å². The Kier molecular flexibility index (Phi) is 4.20. The van der Waals surface area contributed by atoms with Crippen molar-refractivity contribution in [3.8, 4) is 5.75 Å². The minimum atomic E-state index is -2.59. The first kappa shape index (κ1) is 19.7. The lowest BCUT2D eigenvalue weighted by atomic mass is 9.56. The van der Waals surface area contributed by atoms with E-state index >= 15 is 0 Å². The van der Waals surface area contributed by atoms with Gasteiger partial charge in [0.2, 0.25) is 11.7 Å². The zero-order valence-electron chi connectivity index (χ0n) is 15.1. The number of anilines is 1. The predicted molar refractivity (Wildman–Crippen MR) is 101 cm³/mol. The van der Waals surface area contributed by atoms with Crippen LogP contribution in [0.4, 0.5) is 5.69 Å². The number of aliphatic hydroxyl groups is 3. The number of Topliss-reactive ketones (excluding diaryl/α,β-unsaturated/α-hetero) is 2. The van der Waals surface area contributed by atoms with E-state index in [4.69, 9.17) is 23.1 Å². The number of hydrogen-bond acceptors (Lipinski definition) is 8. The van der Waals surface area contributed by atoms with Gasteiger partial charge in [0, 0.05) is 11.5 Å². The Labute approximate surface area is 169 Å². The molecular formula is C19H19ClN2O7. The van der Waals surface area contributed by atoms with Gasteiger partial charge in [-0.1, -0.05) is 11.6 Å². The minimum absolute atomic E-state index is 0.0803. The maximum atomic E-state index is 13.2. The van der Waals surface area contributed by atoms with Crippen molar-refractivity contribution in [1.82, 2.24) is 0 Å². The molecule has 3 aliphatic carbocycles. The lowest BCUT2D eigenvalue weighted by Crippen LogP contribution is -2.66. The van der Waals surface area contributed by atoms with Crippen molar-refractivity contribution in [2.75, 3.05) is 5.73 Å². The molecule has 10 heteroatoms. The van der Waals surface area contributed by atoms with Crippen LogP contribution >= 0.6 is 11.6 Å². The average molecular weight is 423 g/mol. The van der Waals surface area contributed by atoms with E-state index in [0.29, 0.717) is 5.56 Å². The maximum absolute atomic E-state index is 13.2. The number of amides is 1. The van der Waals surface area contributed by atoms with Crippen molar-refractivity contribution in [1.29, 1.82) is 0 Å². The molecule has 0 bridgehead atoms. The minimum Gasteiger partial charge on any atom is -0.507 e. The molecule has 1 aromatic rings. The third kappa shape index (κ3) is 2.44. The second-order valence-electron chi connectivity index (χ2n) is 7.89. The summed E-state index contributed by atoms with van der Waals surface area (Å²) < 4.78 is 0. The zero-order valence-corrected chi connectivity index (χ0v) is 15.8. The SMILES string of the molecule is NC(=O)C1C(=O)[C@@]2(O)C(=O)C3=C(O)c4c(cc(Cl)c(N)c4O)C[C@H]3C[C@H]2CC1O. The normalized spacial score (nSPS) is 33.8. The Hall–Kier alpha value is -2.62. The molecule has 1 aromatic carbocycles. The number of rotatable bonds is 1. The quantitative estimate of drug-likeness (QED) is 0.204. The fourth-order valence-corrected chi connectivity index (χ4v) is 5.18. The standard InChI is InChI=1S/C19H19ClN2O7/c20-8-3-6-1-5-2-7-4-9(23)12(18(22)28)17(27)19(7,29)16(26)11(5)14(24)10(6)15(25)13(8)21/h3,5,7,9,12,23-25,29H,1-2,4,21H2,(H2,22,28)/t5-,7-,9?,12?,19-/m0/s1. The molecule has 2 unspecified atom stereocenters. The number of aliphatic hydroxyl groups excluding tert-OH is 2. The van der Waals surface area contributed by atoms with Gasteiger partial charge in [0.05, 0.1) is 22.4 Å². The first-order valence-electron chi connectivity index (χ1n) is 9.02. The summed E-state index contributed by atoms with van der Waals surface area (Å²) in [6.45, 7) is 0. The average Bonchev–Trinajstić information content (AvgIpc) is 2.62. The number of ketones is 2. The Morgan fingerprint density at radius 2 is 1.90 bits per heavy atom. The van der Waals surface area contributed by atoms with Crippen LogP contribution in [0.2, 0.25) is 5.02 Å². The molecular weight excluding hydrogens is 404 g/mol. The second kappa shape index (κ2) is 6.19. The molecule has 0 aromatic heterocycles. The highest BCUT2D eigenvalue weighted by Crippen LogP contribution is 2.52. The second-order valence-corrected chi connectivity index (χ2v) is 8.30. The summed E-state index contributed by atoms with van der Waals surface area (Å²) in [6, 6.07) is 1.48. The number of fused-ring (bicyclic) bond motifs is 3. The van der Waals surface area contributed by atoms with E-state index in [2.05, 4.69) is 0 Å². The van der Waals surface area contributed by atoms with Gasteiger partial charge in [-0.25, -0.2) is 0 Å². The molecule has 5 atom stereocenters. The molecule has 1 amide bonds. The predicted octanol–water partition coefficient (Wildman–Crippen LogP) is -0.176. The summed E-state index contributed by atoms with van der Waals surface area (Å²) in [5, 5.41) is 42.5. The molecule has 2 fully saturated rings. The molecule has 2 saturated carbocycles. The van der Waals surface area contributed by atoms with Crippen molar-refractivity contribution >= 4 is 40.5 Å². The van der Waals surface area contributed by atoms with Gasteiger partial charge in [-0.15, -0.1) is 0 Å². The van der Waals surface area contributed by atoms with Crippen LogP contribution in [0.25, 0.3) is 5.76 Å². The molecule has 9 nitrogen and oxygen atoms in total. The molecule has 4 rings (SSSR count). The van der Waals surface area contributed by atoms with Crippen molar-refractivity contribution < 1.29 is 34.8 Å². The third-order valence-corrected chi connectivity index (χ3v) is 6.68. The largest absolute Gasteiger partial charge is 0.507 e. The number of benzene rings is 1. The smallest absolute Gasteiger partial charge is 0.230 e. The van der Waals surface area contributed by atoms with Gasteiger partial charge in [-0.3, -0.25) is 14.4 Å². The third-order valence-electron chi connectivity index (χ3n) is 6.36.